The zero-order valence-corrected chi connectivity index (χ0v) is 13.9. The third-order valence-corrected chi connectivity index (χ3v) is 4.62. The summed E-state index contributed by atoms with van der Waals surface area (Å²) in [4.78, 5) is 14.0. The Morgan fingerprint density at radius 2 is 2.09 bits per heavy atom. The van der Waals surface area contributed by atoms with Crippen molar-refractivity contribution in [3.8, 4) is 5.75 Å². The number of aromatic nitrogens is 2. The highest BCUT2D eigenvalue weighted by Crippen LogP contribution is 2.30. The molecule has 3 rings (SSSR count). The lowest BCUT2D eigenvalue weighted by atomic mass is 10.0. The van der Waals surface area contributed by atoms with E-state index in [1.807, 2.05) is 38.2 Å². The minimum Gasteiger partial charge on any atom is -0.508 e. The van der Waals surface area contributed by atoms with Crippen LogP contribution in [0.15, 0.2) is 47.5 Å². The first kappa shape index (κ1) is 15.6. The van der Waals surface area contributed by atoms with Crippen LogP contribution in [0.25, 0.3) is 5.52 Å². The molecule has 0 bridgehead atoms. The number of nitrogens with zero attached hydrogens (tertiary/aromatic N) is 2. The zero-order valence-electron chi connectivity index (χ0n) is 13.1. The van der Waals surface area contributed by atoms with Crippen LogP contribution in [0, 0.1) is 0 Å². The fraction of sp³-hybridized carbons (Fsp3) is 0.222. The van der Waals surface area contributed by atoms with Crippen molar-refractivity contribution >= 4 is 23.1 Å². The topological polar surface area (TPSA) is 54.6 Å². The predicted molar refractivity (Wildman–Crippen MR) is 92.5 cm³/mol. The number of rotatable bonds is 5. The van der Waals surface area contributed by atoms with E-state index in [9.17, 15) is 9.90 Å². The number of carbonyl (C=O) groups excluding carboxylic acids is 1. The van der Waals surface area contributed by atoms with Crippen molar-refractivity contribution in [1.29, 1.82) is 0 Å². The molecule has 1 N–H and O–H groups in total. The highest BCUT2D eigenvalue weighted by atomic mass is 32.2. The summed E-state index contributed by atoms with van der Waals surface area (Å²) in [6.07, 6.45) is 2.54. The number of aromatic hydroxyl groups is 1. The molecule has 0 atom stereocenters. The van der Waals surface area contributed by atoms with Crippen LogP contribution in [0.4, 0.5) is 0 Å². The molecule has 3 aromatic rings. The summed E-state index contributed by atoms with van der Waals surface area (Å²) in [5.41, 5.74) is 2.87. The minimum atomic E-state index is -0.0426. The fourth-order valence-electron chi connectivity index (χ4n) is 2.65. The van der Waals surface area contributed by atoms with Crippen LogP contribution in [0.3, 0.4) is 0 Å². The Morgan fingerprint density at radius 3 is 2.83 bits per heavy atom. The average Bonchev–Trinajstić information content (AvgIpc) is 2.93. The van der Waals surface area contributed by atoms with Crippen LogP contribution in [-0.4, -0.2) is 26.3 Å². The normalized spacial score (nSPS) is 11.0. The molecule has 0 amide bonds. The second-order valence-electron chi connectivity index (χ2n) is 5.15. The Hall–Kier alpha value is -2.27. The Bertz CT molecular complexity index is 871. The number of fused-ring (bicyclic) bond motifs is 1. The molecule has 5 heteroatoms. The monoisotopic (exact) mass is 326 g/mol. The number of thioether (sulfide) groups is 1. The summed E-state index contributed by atoms with van der Waals surface area (Å²) >= 11 is 1.55. The molecule has 0 unspecified atom stereocenters. The van der Waals surface area contributed by atoms with Crippen LogP contribution in [-0.2, 0) is 6.42 Å². The molecule has 23 heavy (non-hydrogen) atoms. The molecule has 2 aromatic heterocycles. The number of phenolic OH excluding ortho intramolecular Hbond substituents is 1. The van der Waals surface area contributed by atoms with Gasteiger partial charge in [0.15, 0.2) is 5.78 Å². The first-order chi connectivity index (χ1) is 11.2. The van der Waals surface area contributed by atoms with Crippen LogP contribution in [0.2, 0.25) is 0 Å². The van der Waals surface area contributed by atoms with E-state index in [-0.39, 0.29) is 11.5 Å². The first-order valence-electron chi connectivity index (χ1n) is 7.62. The van der Waals surface area contributed by atoms with E-state index < -0.39 is 0 Å². The van der Waals surface area contributed by atoms with E-state index in [4.69, 9.17) is 0 Å². The summed E-state index contributed by atoms with van der Waals surface area (Å²) in [6, 6.07) is 10.6. The molecule has 1 aromatic carbocycles. The van der Waals surface area contributed by atoms with Crippen LogP contribution >= 0.6 is 11.8 Å². The lowest BCUT2D eigenvalue weighted by Gasteiger charge is -2.08. The Morgan fingerprint density at radius 1 is 1.26 bits per heavy atom. The molecule has 0 fully saturated rings. The predicted octanol–water partition coefficient (Wildman–Crippen LogP) is 3.95. The lowest BCUT2D eigenvalue weighted by Crippen LogP contribution is -2.05. The maximum Gasteiger partial charge on any atom is 0.198 e. The molecule has 4 nitrogen and oxygen atoms in total. The second-order valence-corrected chi connectivity index (χ2v) is 6.45. The highest BCUT2D eigenvalue weighted by Gasteiger charge is 2.22. The fourth-order valence-corrected chi connectivity index (χ4v) is 3.48. The number of hydrogen-bond acceptors (Lipinski definition) is 4. The highest BCUT2D eigenvalue weighted by molar-refractivity contribution is 7.99. The standard InChI is InChI=1S/C18H18N2O2S/c1-3-14-17(15-7-5-6-10-20(15)19-14)18(22)13-9-8-12(21)11-16(13)23-4-2/h5-11,21H,3-4H2,1-2H3. The van der Waals surface area contributed by atoms with Gasteiger partial charge in [-0.1, -0.05) is 19.9 Å². The van der Waals surface area contributed by atoms with Gasteiger partial charge in [0.05, 0.1) is 16.8 Å². The summed E-state index contributed by atoms with van der Waals surface area (Å²) in [5, 5.41) is 14.2. The quantitative estimate of drug-likeness (QED) is 0.570. The van der Waals surface area contributed by atoms with Crippen LogP contribution in [0.5, 0.6) is 5.75 Å². The number of pyridine rings is 1. The van der Waals surface area contributed by atoms with Crippen molar-refractivity contribution in [2.45, 2.75) is 25.2 Å². The van der Waals surface area contributed by atoms with E-state index in [0.29, 0.717) is 17.5 Å². The number of carbonyl (C=O) groups is 1. The molecule has 0 aliphatic carbocycles. The van der Waals surface area contributed by atoms with E-state index in [1.54, 1.807) is 34.5 Å². The SMILES string of the molecule is CCSc1cc(O)ccc1C(=O)c1c(CC)nn2ccccc12. The lowest BCUT2D eigenvalue weighted by molar-refractivity contribution is 0.103. The molecule has 0 aliphatic heterocycles. The van der Waals surface area contributed by atoms with Gasteiger partial charge in [-0.05, 0) is 42.5 Å². The Kier molecular flexibility index (Phi) is 4.39. The molecule has 0 saturated carbocycles. The third kappa shape index (κ3) is 2.84. The van der Waals surface area contributed by atoms with Crippen molar-refractivity contribution in [1.82, 2.24) is 9.61 Å². The summed E-state index contributed by atoms with van der Waals surface area (Å²) in [5.74, 6) is 0.964. The van der Waals surface area contributed by atoms with Crippen molar-refractivity contribution < 1.29 is 9.90 Å². The van der Waals surface area contributed by atoms with Gasteiger partial charge in [0.25, 0.3) is 0 Å². The third-order valence-electron chi connectivity index (χ3n) is 3.68. The zero-order chi connectivity index (χ0) is 16.4. The number of benzene rings is 1. The minimum absolute atomic E-state index is 0.0426. The Balaban J connectivity index is 2.18. The van der Waals surface area contributed by atoms with Gasteiger partial charge in [0.2, 0.25) is 0 Å². The summed E-state index contributed by atoms with van der Waals surface area (Å²) < 4.78 is 1.75. The van der Waals surface area contributed by atoms with Crippen LogP contribution in [0.1, 0.15) is 35.5 Å². The molecule has 0 saturated heterocycles. The van der Waals surface area contributed by atoms with Gasteiger partial charge in [-0.3, -0.25) is 4.79 Å². The van der Waals surface area contributed by atoms with Crippen molar-refractivity contribution in [2.24, 2.45) is 0 Å². The number of aryl methyl sites for hydroxylation is 1. The van der Waals surface area contributed by atoms with E-state index in [2.05, 4.69) is 5.10 Å². The van der Waals surface area contributed by atoms with Gasteiger partial charge in [0.1, 0.15) is 5.75 Å². The smallest absolute Gasteiger partial charge is 0.198 e. The van der Waals surface area contributed by atoms with Gasteiger partial charge < -0.3 is 5.11 Å². The average molecular weight is 326 g/mol. The summed E-state index contributed by atoms with van der Waals surface area (Å²) in [6.45, 7) is 4.02. The van der Waals surface area contributed by atoms with Crippen molar-refractivity contribution in [3.63, 3.8) is 0 Å². The number of phenols is 1. The maximum absolute atomic E-state index is 13.2. The van der Waals surface area contributed by atoms with Gasteiger partial charge in [-0.15, -0.1) is 11.8 Å². The van der Waals surface area contributed by atoms with E-state index in [1.165, 1.54) is 0 Å². The van der Waals surface area contributed by atoms with Crippen molar-refractivity contribution in [2.75, 3.05) is 5.75 Å². The van der Waals surface area contributed by atoms with Gasteiger partial charge >= 0.3 is 0 Å². The molecule has 0 aliphatic rings. The summed E-state index contributed by atoms with van der Waals surface area (Å²) in [7, 11) is 0. The molecular formula is C18H18N2O2S. The van der Waals surface area contributed by atoms with Crippen molar-refractivity contribution in [3.05, 3.63) is 59.4 Å². The Labute approximate surface area is 139 Å². The van der Waals surface area contributed by atoms with Crippen LogP contribution < -0.4 is 0 Å². The first-order valence-corrected chi connectivity index (χ1v) is 8.61. The van der Waals surface area contributed by atoms with Gasteiger partial charge in [-0.25, -0.2) is 4.52 Å². The van der Waals surface area contributed by atoms with Gasteiger partial charge in [-0.2, -0.15) is 5.10 Å². The van der Waals surface area contributed by atoms with E-state index in [0.717, 1.165) is 21.9 Å². The van der Waals surface area contributed by atoms with E-state index >= 15 is 0 Å². The second kappa shape index (κ2) is 6.46. The molecule has 0 spiro atoms. The molecule has 0 radical (unpaired) electrons. The van der Waals surface area contributed by atoms with Gasteiger partial charge in [0, 0.05) is 16.7 Å². The molecule has 2 heterocycles. The number of hydrogen-bond donors (Lipinski definition) is 1. The number of ketones is 1. The maximum atomic E-state index is 13.2. The largest absolute Gasteiger partial charge is 0.508 e. The molecular weight excluding hydrogens is 308 g/mol. The molecule has 118 valence electrons.